The minimum absolute atomic E-state index is 0.00303. The Bertz CT molecular complexity index is 1400. The van der Waals surface area contributed by atoms with E-state index in [4.69, 9.17) is 16.6 Å². The van der Waals surface area contributed by atoms with Crippen LogP contribution in [0.2, 0.25) is 5.02 Å². The van der Waals surface area contributed by atoms with E-state index >= 15 is 0 Å². The highest BCUT2D eigenvalue weighted by atomic mass is 35.5. The molecular formula is C26H18ClN3O3S. The molecular weight excluding hydrogens is 470 g/mol. The molecule has 6 nitrogen and oxygen atoms in total. The maximum absolute atomic E-state index is 12.5. The average molecular weight is 488 g/mol. The Labute approximate surface area is 204 Å². The molecule has 0 bridgehead atoms. The number of carbonyl (C=O) groups is 3. The molecule has 3 amide bonds. The Morgan fingerprint density at radius 1 is 0.912 bits per heavy atom. The summed E-state index contributed by atoms with van der Waals surface area (Å²) < 4.78 is 0. The van der Waals surface area contributed by atoms with E-state index in [2.05, 4.69) is 5.32 Å². The highest BCUT2D eigenvalue weighted by Crippen LogP contribution is 2.33. The highest BCUT2D eigenvalue weighted by Gasteiger charge is 2.34. The van der Waals surface area contributed by atoms with E-state index < -0.39 is 0 Å². The van der Waals surface area contributed by atoms with E-state index in [1.807, 2.05) is 47.8 Å². The minimum atomic E-state index is -0.367. The molecule has 0 spiro atoms. The number of imide groups is 1. The van der Waals surface area contributed by atoms with Gasteiger partial charge in [0.05, 0.1) is 21.8 Å². The number of hydrogen-bond acceptors (Lipinski definition) is 5. The van der Waals surface area contributed by atoms with Gasteiger partial charge in [0.1, 0.15) is 5.01 Å². The predicted molar refractivity (Wildman–Crippen MR) is 133 cm³/mol. The first-order valence-electron chi connectivity index (χ1n) is 10.6. The third-order valence-corrected chi connectivity index (χ3v) is 6.70. The first-order chi connectivity index (χ1) is 16.5. The van der Waals surface area contributed by atoms with Gasteiger partial charge in [-0.1, -0.05) is 54.1 Å². The van der Waals surface area contributed by atoms with Crippen LogP contribution in [0, 0.1) is 0 Å². The number of halogens is 1. The van der Waals surface area contributed by atoms with Gasteiger partial charge in [0, 0.05) is 35.2 Å². The van der Waals surface area contributed by atoms with Crippen LogP contribution in [0.1, 0.15) is 27.1 Å². The van der Waals surface area contributed by atoms with Crippen molar-refractivity contribution >= 4 is 46.3 Å². The molecule has 0 unspecified atom stereocenters. The van der Waals surface area contributed by atoms with Crippen molar-refractivity contribution in [3.05, 3.63) is 94.3 Å². The number of thiazole rings is 1. The van der Waals surface area contributed by atoms with Crippen molar-refractivity contribution < 1.29 is 14.4 Å². The van der Waals surface area contributed by atoms with Crippen LogP contribution in [0.3, 0.4) is 0 Å². The number of rotatable bonds is 6. The van der Waals surface area contributed by atoms with Crippen LogP contribution >= 0.6 is 22.9 Å². The first-order valence-corrected chi connectivity index (χ1v) is 11.8. The maximum atomic E-state index is 12.5. The summed E-state index contributed by atoms with van der Waals surface area (Å²) in [5, 5.41) is 6.24. The van der Waals surface area contributed by atoms with Crippen LogP contribution in [0.15, 0.2) is 78.2 Å². The van der Waals surface area contributed by atoms with Crippen molar-refractivity contribution in [2.45, 2.75) is 6.42 Å². The van der Waals surface area contributed by atoms with Crippen LogP contribution in [-0.2, 0) is 4.79 Å². The van der Waals surface area contributed by atoms with Crippen LogP contribution in [-0.4, -0.2) is 34.2 Å². The van der Waals surface area contributed by atoms with Gasteiger partial charge in [-0.05, 0) is 30.3 Å². The summed E-state index contributed by atoms with van der Waals surface area (Å²) >= 11 is 7.79. The Hall–Kier alpha value is -3.81. The van der Waals surface area contributed by atoms with E-state index in [9.17, 15) is 14.4 Å². The van der Waals surface area contributed by atoms with Crippen molar-refractivity contribution in [3.8, 4) is 21.8 Å². The molecule has 0 radical (unpaired) electrons. The van der Waals surface area contributed by atoms with E-state index in [1.54, 1.807) is 30.3 Å². The zero-order chi connectivity index (χ0) is 23.7. The van der Waals surface area contributed by atoms with E-state index in [0.29, 0.717) is 21.8 Å². The number of aromatic nitrogens is 1. The van der Waals surface area contributed by atoms with E-state index in [1.165, 1.54) is 11.3 Å². The van der Waals surface area contributed by atoms with Crippen molar-refractivity contribution in [2.24, 2.45) is 0 Å². The molecule has 8 heteroatoms. The molecule has 168 valence electrons. The average Bonchev–Trinajstić information content (AvgIpc) is 3.42. The first kappa shape index (κ1) is 22.0. The van der Waals surface area contributed by atoms with Crippen molar-refractivity contribution in [3.63, 3.8) is 0 Å². The molecule has 2 heterocycles. The second kappa shape index (κ2) is 9.21. The second-order valence-electron chi connectivity index (χ2n) is 7.70. The summed E-state index contributed by atoms with van der Waals surface area (Å²) in [5.74, 6) is -1.02. The Morgan fingerprint density at radius 2 is 1.59 bits per heavy atom. The van der Waals surface area contributed by atoms with Gasteiger partial charge < -0.3 is 5.32 Å². The smallest absolute Gasteiger partial charge is 0.261 e. The summed E-state index contributed by atoms with van der Waals surface area (Å²) in [5.41, 5.74) is 3.87. The third kappa shape index (κ3) is 4.23. The fourth-order valence-electron chi connectivity index (χ4n) is 3.80. The summed E-state index contributed by atoms with van der Waals surface area (Å²) in [7, 11) is 0. The second-order valence-corrected chi connectivity index (χ2v) is 8.97. The minimum Gasteiger partial charge on any atom is -0.326 e. The van der Waals surface area contributed by atoms with Crippen LogP contribution < -0.4 is 5.32 Å². The zero-order valence-electron chi connectivity index (χ0n) is 17.8. The largest absolute Gasteiger partial charge is 0.326 e. The van der Waals surface area contributed by atoms with Gasteiger partial charge in [0.25, 0.3) is 11.8 Å². The maximum Gasteiger partial charge on any atom is 0.261 e. The van der Waals surface area contributed by atoms with E-state index in [0.717, 1.165) is 26.7 Å². The molecule has 0 saturated carbocycles. The molecule has 4 aromatic rings. The number of nitrogens with zero attached hydrogens (tertiary/aromatic N) is 2. The van der Waals surface area contributed by atoms with Crippen LogP contribution in [0.25, 0.3) is 21.8 Å². The zero-order valence-corrected chi connectivity index (χ0v) is 19.4. The Balaban J connectivity index is 1.24. The molecule has 5 rings (SSSR count). The summed E-state index contributed by atoms with van der Waals surface area (Å²) in [6.45, 7) is 0.0190. The third-order valence-electron chi connectivity index (χ3n) is 5.49. The molecule has 0 fully saturated rings. The number of anilines is 1. The van der Waals surface area contributed by atoms with Crippen molar-refractivity contribution in [2.75, 3.05) is 11.9 Å². The van der Waals surface area contributed by atoms with E-state index in [-0.39, 0.29) is 30.7 Å². The highest BCUT2D eigenvalue weighted by molar-refractivity contribution is 7.13. The fourth-order valence-corrected chi connectivity index (χ4v) is 4.95. The van der Waals surface area contributed by atoms with Crippen LogP contribution in [0.5, 0.6) is 0 Å². The Morgan fingerprint density at radius 3 is 2.29 bits per heavy atom. The summed E-state index contributed by atoms with van der Waals surface area (Å²) in [4.78, 5) is 43.3. The lowest BCUT2D eigenvalue weighted by molar-refractivity contribution is -0.116. The lowest BCUT2D eigenvalue weighted by atomic mass is 10.1. The Kier molecular flexibility index (Phi) is 5.96. The molecule has 1 N–H and O–H groups in total. The van der Waals surface area contributed by atoms with Gasteiger partial charge in [-0.25, -0.2) is 4.98 Å². The monoisotopic (exact) mass is 487 g/mol. The SMILES string of the molecule is O=C(CCN1C(=O)c2ccccc2C1=O)Nc1cccc(-c2csc(-c3ccccc3Cl)n2)c1. The number of benzene rings is 3. The molecule has 0 saturated heterocycles. The fraction of sp³-hybridized carbons (Fsp3) is 0.0769. The summed E-state index contributed by atoms with van der Waals surface area (Å²) in [6.07, 6.45) is 0.00303. The number of nitrogens with one attached hydrogen (secondary N) is 1. The van der Waals surface area contributed by atoms with Gasteiger partial charge in [0.15, 0.2) is 0 Å². The molecule has 1 aliphatic heterocycles. The molecule has 0 aliphatic carbocycles. The molecule has 3 aromatic carbocycles. The van der Waals surface area contributed by atoms with Gasteiger partial charge in [-0.3, -0.25) is 19.3 Å². The molecule has 1 aliphatic rings. The standard InChI is InChI=1S/C26H18ClN3O3S/c27-21-11-4-3-10-20(21)24-29-22(15-34-24)16-6-5-7-17(14-16)28-23(31)12-13-30-25(32)18-8-1-2-9-19(18)26(30)33/h1-11,14-15H,12-13H2,(H,28,31). The summed E-state index contributed by atoms with van der Waals surface area (Å²) in [6, 6.07) is 21.6. The number of hydrogen-bond donors (Lipinski definition) is 1. The number of carbonyl (C=O) groups excluding carboxylic acids is 3. The van der Waals surface area contributed by atoms with Crippen molar-refractivity contribution in [1.29, 1.82) is 0 Å². The lowest BCUT2D eigenvalue weighted by Gasteiger charge is -2.13. The number of fused-ring (bicyclic) bond motifs is 1. The molecule has 0 atom stereocenters. The number of amides is 3. The molecule has 34 heavy (non-hydrogen) atoms. The quantitative estimate of drug-likeness (QED) is 0.351. The topological polar surface area (TPSA) is 79.4 Å². The normalized spacial score (nSPS) is 12.7. The van der Waals surface area contributed by atoms with Crippen LogP contribution in [0.4, 0.5) is 5.69 Å². The van der Waals surface area contributed by atoms with Gasteiger partial charge in [0.2, 0.25) is 5.91 Å². The van der Waals surface area contributed by atoms with Crippen molar-refractivity contribution in [1.82, 2.24) is 9.88 Å². The van der Waals surface area contributed by atoms with Gasteiger partial charge in [-0.2, -0.15) is 0 Å². The predicted octanol–water partition coefficient (Wildman–Crippen LogP) is 5.76. The lowest BCUT2D eigenvalue weighted by Crippen LogP contribution is -2.32. The van der Waals surface area contributed by atoms with Gasteiger partial charge in [-0.15, -0.1) is 11.3 Å². The van der Waals surface area contributed by atoms with Gasteiger partial charge >= 0.3 is 0 Å². The molecule has 1 aromatic heterocycles.